The summed E-state index contributed by atoms with van der Waals surface area (Å²) in [7, 11) is 0. The van der Waals surface area contributed by atoms with Gasteiger partial charge in [0.2, 0.25) is 11.8 Å². The molecule has 1 aromatic rings. The normalized spacial score (nSPS) is 16.1. The van der Waals surface area contributed by atoms with Crippen molar-refractivity contribution in [2.24, 2.45) is 5.41 Å². The van der Waals surface area contributed by atoms with Crippen molar-refractivity contribution >= 4 is 11.8 Å². The van der Waals surface area contributed by atoms with E-state index >= 15 is 0 Å². The Hall–Kier alpha value is -1.78. The fourth-order valence-corrected chi connectivity index (χ4v) is 2.52. The molecule has 1 N–H and O–H groups in total. The maximum absolute atomic E-state index is 12.2. The maximum Gasteiger partial charge on any atom is 0.228 e. The molecule has 0 aromatic carbocycles. The summed E-state index contributed by atoms with van der Waals surface area (Å²) in [6.07, 6.45) is 2.79. The molecule has 21 heavy (non-hydrogen) atoms. The molecule has 2 heterocycles. The highest BCUT2D eigenvalue weighted by molar-refractivity contribution is 5.80. The summed E-state index contributed by atoms with van der Waals surface area (Å²) in [4.78, 5) is 31.1. The van der Waals surface area contributed by atoms with Gasteiger partial charge in [0.15, 0.2) is 0 Å². The van der Waals surface area contributed by atoms with Gasteiger partial charge in [-0.2, -0.15) is 0 Å². The predicted octanol–water partition coefficient (Wildman–Crippen LogP) is 1.66. The summed E-state index contributed by atoms with van der Waals surface area (Å²) < 4.78 is 0. The highest BCUT2D eigenvalue weighted by Gasteiger charge is 2.26. The molecule has 5 heteroatoms. The molecular weight excluding hydrogens is 266 g/mol. The molecule has 2 rings (SSSR count). The number of carbonyl (C=O) groups is 2. The Kier molecular flexibility index (Phi) is 4.70. The minimum atomic E-state index is 0.0116. The molecule has 0 saturated carbocycles. The van der Waals surface area contributed by atoms with Crippen molar-refractivity contribution in [2.75, 3.05) is 26.2 Å². The number of H-pyrrole nitrogens is 1. The van der Waals surface area contributed by atoms with E-state index in [1.54, 1.807) is 0 Å². The van der Waals surface area contributed by atoms with Crippen molar-refractivity contribution in [3.63, 3.8) is 0 Å². The lowest BCUT2D eigenvalue weighted by Gasteiger charge is -2.36. The number of amides is 2. The second-order valence-corrected chi connectivity index (χ2v) is 6.87. The van der Waals surface area contributed by atoms with Gasteiger partial charge >= 0.3 is 0 Å². The van der Waals surface area contributed by atoms with Gasteiger partial charge in [-0.25, -0.2) is 0 Å². The number of rotatable bonds is 3. The van der Waals surface area contributed by atoms with Crippen molar-refractivity contribution in [3.05, 3.63) is 24.0 Å². The van der Waals surface area contributed by atoms with E-state index in [0.717, 1.165) is 5.69 Å². The van der Waals surface area contributed by atoms with Crippen LogP contribution in [0.25, 0.3) is 0 Å². The van der Waals surface area contributed by atoms with Gasteiger partial charge in [-0.3, -0.25) is 9.59 Å². The molecule has 0 aliphatic carbocycles. The first kappa shape index (κ1) is 15.6. The number of nitrogens with one attached hydrogen (secondary N) is 1. The summed E-state index contributed by atoms with van der Waals surface area (Å²) in [5.74, 6) is 0.319. The molecule has 0 atom stereocenters. The molecule has 0 spiro atoms. The first-order valence-corrected chi connectivity index (χ1v) is 7.53. The van der Waals surface area contributed by atoms with Crippen molar-refractivity contribution < 1.29 is 9.59 Å². The van der Waals surface area contributed by atoms with Crippen LogP contribution in [0.1, 0.15) is 32.9 Å². The Labute approximate surface area is 126 Å². The molecule has 2 amide bonds. The zero-order valence-electron chi connectivity index (χ0n) is 13.2. The Morgan fingerprint density at radius 1 is 1.10 bits per heavy atom. The van der Waals surface area contributed by atoms with Gasteiger partial charge in [-0.1, -0.05) is 20.8 Å². The van der Waals surface area contributed by atoms with Crippen LogP contribution in [0.5, 0.6) is 0 Å². The monoisotopic (exact) mass is 291 g/mol. The molecule has 1 aliphatic rings. The Morgan fingerprint density at radius 2 is 1.67 bits per heavy atom. The number of piperazine rings is 1. The van der Waals surface area contributed by atoms with Crippen molar-refractivity contribution in [2.45, 2.75) is 33.6 Å². The maximum atomic E-state index is 12.2. The lowest BCUT2D eigenvalue weighted by atomic mass is 9.91. The number of hydrogen-bond donors (Lipinski definition) is 1. The minimum absolute atomic E-state index is 0.0116. The fourth-order valence-electron chi connectivity index (χ4n) is 2.52. The summed E-state index contributed by atoms with van der Waals surface area (Å²) in [6, 6.07) is 3.81. The van der Waals surface area contributed by atoms with Crippen molar-refractivity contribution in [1.82, 2.24) is 14.8 Å². The lowest BCUT2D eigenvalue weighted by Crippen LogP contribution is -2.51. The van der Waals surface area contributed by atoms with Gasteiger partial charge in [-0.05, 0) is 17.5 Å². The second-order valence-electron chi connectivity index (χ2n) is 6.87. The second kappa shape index (κ2) is 6.33. The van der Waals surface area contributed by atoms with Crippen LogP contribution >= 0.6 is 0 Å². The molecule has 0 bridgehead atoms. The molecule has 0 unspecified atom stereocenters. The molecule has 0 radical (unpaired) electrons. The van der Waals surface area contributed by atoms with Gasteiger partial charge in [0.1, 0.15) is 0 Å². The quantitative estimate of drug-likeness (QED) is 0.921. The molecule has 5 nitrogen and oxygen atoms in total. The van der Waals surface area contributed by atoms with E-state index in [2.05, 4.69) is 25.8 Å². The summed E-state index contributed by atoms with van der Waals surface area (Å²) in [5.41, 5.74) is 0.948. The zero-order chi connectivity index (χ0) is 15.5. The molecule has 1 aromatic heterocycles. The van der Waals surface area contributed by atoms with E-state index in [9.17, 15) is 9.59 Å². The minimum Gasteiger partial charge on any atom is -0.365 e. The fraction of sp³-hybridized carbons (Fsp3) is 0.625. The van der Waals surface area contributed by atoms with Crippen LogP contribution < -0.4 is 0 Å². The molecule has 116 valence electrons. The Bertz CT molecular complexity index is 480. The standard InChI is InChI=1S/C16H25N3O2/c1-16(2,3)12-15(21)19-9-7-18(8-10-19)14(20)11-13-5-4-6-17-13/h4-6,17H,7-12H2,1-3H3. The van der Waals surface area contributed by atoms with Crippen LogP contribution in [-0.2, 0) is 16.0 Å². The van der Waals surface area contributed by atoms with Gasteiger partial charge in [0.05, 0.1) is 6.42 Å². The number of aromatic amines is 1. The molecule has 1 aliphatic heterocycles. The average Bonchev–Trinajstić information content (AvgIpc) is 2.90. The van der Waals surface area contributed by atoms with Crippen molar-refractivity contribution in [3.8, 4) is 0 Å². The number of aromatic nitrogens is 1. The molecule has 1 saturated heterocycles. The lowest BCUT2D eigenvalue weighted by molar-refractivity contribution is -0.140. The number of carbonyl (C=O) groups excluding carboxylic acids is 2. The van der Waals surface area contributed by atoms with Crippen LogP contribution in [0, 0.1) is 5.41 Å². The summed E-state index contributed by atoms with van der Waals surface area (Å²) >= 11 is 0. The first-order chi connectivity index (χ1) is 9.85. The summed E-state index contributed by atoms with van der Waals surface area (Å²) in [5, 5.41) is 0. The first-order valence-electron chi connectivity index (χ1n) is 7.53. The predicted molar refractivity (Wildman–Crippen MR) is 81.7 cm³/mol. The highest BCUT2D eigenvalue weighted by atomic mass is 16.2. The molecular formula is C16H25N3O2. The zero-order valence-corrected chi connectivity index (χ0v) is 13.2. The van der Waals surface area contributed by atoms with Gasteiger partial charge in [0, 0.05) is 44.5 Å². The number of nitrogens with zero attached hydrogens (tertiary/aromatic N) is 2. The van der Waals surface area contributed by atoms with Crippen molar-refractivity contribution in [1.29, 1.82) is 0 Å². The van der Waals surface area contributed by atoms with Gasteiger partial charge in [0.25, 0.3) is 0 Å². The number of hydrogen-bond acceptors (Lipinski definition) is 2. The van der Waals surface area contributed by atoms with E-state index in [1.807, 2.05) is 28.1 Å². The summed E-state index contributed by atoms with van der Waals surface area (Å²) in [6.45, 7) is 8.77. The third-order valence-corrected chi connectivity index (χ3v) is 3.67. The Morgan fingerprint density at radius 3 is 2.14 bits per heavy atom. The van der Waals surface area contributed by atoms with E-state index in [-0.39, 0.29) is 17.2 Å². The van der Waals surface area contributed by atoms with Crippen LogP contribution in [0.4, 0.5) is 0 Å². The SMILES string of the molecule is CC(C)(C)CC(=O)N1CCN(C(=O)Cc2ccc[nH]2)CC1. The van der Waals surface area contributed by atoms with E-state index in [1.165, 1.54) is 0 Å². The van der Waals surface area contributed by atoms with E-state index < -0.39 is 0 Å². The van der Waals surface area contributed by atoms with Crippen LogP contribution in [0.15, 0.2) is 18.3 Å². The smallest absolute Gasteiger partial charge is 0.228 e. The van der Waals surface area contributed by atoms with Crippen LogP contribution in [0.2, 0.25) is 0 Å². The van der Waals surface area contributed by atoms with E-state index in [4.69, 9.17) is 0 Å². The van der Waals surface area contributed by atoms with E-state index in [0.29, 0.717) is 39.0 Å². The highest BCUT2D eigenvalue weighted by Crippen LogP contribution is 2.20. The largest absolute Gasteiger partial charge is 0.365 e. The molecule has 1 fully saturated rings. The van der Waals surface area contributed by atoms with Crippen LogP contribution in [-0.4, -0.2) is 52.8 Å². The average molecular weight is 291 g/mol. The topological polar surface area (TPSA) is 56.4 Å². The third-order valence-electron chi connectivity index (χ3n) is 3.67. The van der Waals surface area contributed by atoms with Gasteiger partial charge < -0.3 is 14.8 Å². The third kappa shape index (κ3) is 4.62. The van der Waals surface area contributed by atoms with Gasteiger partial charge in [-0.15, -0.1) is 0 Å². The Balaban J connectivity index is 1.80. The van der Waals surface area contributed by atoms with Crippen LogP contribution in [0.3, 0.4) is 0 Å².